The molecule has 2 N–H and O–H groups in total. The molecule has 0 aliphatic rings. The van der Waals surface area contributed by atoms with Gasteiger partial charge in [-0.15, -0.1) is 0 Å². The molecule has 1 aromatic heterocycles. The maximum atomic E-state index is 12.6. The highest BCUT2D eigenvalue weighted by Gasteiger charge is 2.23. The van der Waals surface area contributed by atoms with Crippen LogP contribution in [0.15, 0.2) is 36.4 Å². The Morgan fingerprint density at radius 3 is 2.52 bits per heavy atom. The van der Waals surface area contributed by atoms with Crippen molar-refractivity contribution >= 4 is 11.8 Å². The molecule has 0 fully saturated rings. The summed E-state index contributed by atoms with van der Waals surface area (Å²) in [6, 6.07) is 11.3. The van der Waals surface area contributed by atoms with E-state index in [0.717, 1.165) is 11.3 Å². The Balaban J connectivity index is 2.15. The minimum Gasteiger partial charge on any atom is -0.389 e. The number of rotatable bonds is 5. The second-order valence-electron chi connectivity index (χ2n) is 6.38. The van der Waals surface area contributed by atoms with Crippen molar-refractivity contribution in [3.63, 3.8) is 0 Å². The van der Waals surface area contributed by atoms with E-state index in [1.807, 2.05) is 43.3 Å². The molecule has 23 heavy (non-hydrogen) atoms. The van der Waals surface area contributed by atoms with Gasteiger partial charge in [-0.1, -0.05) is 30.3 Å². The highest BCUT2D eigenvalue weighted by Crippen LogP contribution is 2.14. The van der Waals surface area contributed by atoms with Crippen LogP contribution in [0.4, 0.5) is 10.6 Å². The molecule has 6 heteroatoms. The first-order valence-corrected chi connectivity index (χ1v) is 7.57. The molecule has 0 aliphatic carbocycles. The van der Waals surface area contributed by atoms with E-state index >= 15 is 0 Å². The minimum atomic E-state index is -0.978. The molecule has 0 spiro atoms. The van der Waals surface area contributed by atoms with E-state index in [1.165, 1.54) is 0 Å². The molecule has 1 heterocycles. The summed E-state index contributed by atoms with van der Waals surface area (Å²) in [5.41, 5.74) is 0.863. The quantitative estimate of drug-likeness (QED) is 0.890. The number of anilines is 1. The number of benzene rings is 1. The van der Waals surface area contributed by atoms with E-state index in [2.05, 4.69) is 10.4 Å². The number of amides is 2. The molecule has 0 atom stereocenters. The summed E-state index contributed by atoms with van der Waals surface area (Å²) < 4.78 is 1.62. The number of urea groups is 1. The summed E-state index contributed by atoms with van der Waals surface area (Å²) in [5.74, 6) is 0.626. The Hall–Kier alpha value is -2.34. The van der Waals surface area contributed by atoms with E-state index in [0.29, 0.717) is 12.4 Å². The molecule has 0 saturated heterocycles. The van der Waals surface area contributed by atoms with Gasteiger partial charge in [0.1, 0.15) is 5.82 Å². The molecule has 124 valence electrons. The SMILES string of the molecule is Cc1cc(NC(=O)N(Cc2ccccc2)CC(C)(C)O)n(C)n1. The number of hydrogen-bond donors (Lipinski definition) is 2. The maximum absolute atomic E-state index is 12.6. The summed E-state index contributed by atoms with van der Waals surface area (Å²) in [6.07, 6.45) is 0. The van der Waals surface area contributed by atoms with E-state index < -0.39 is 5.60 Å². The predicted molar refractivity (Wildman–Crippen MR) is 90.1 cm³/mol. The first-order chi connectivity index (χ1) is 10.7. The standard InChI is InChI=1S/C17H24N4O2/c1-13-10-15(20(4)19-13)18-16(22)21(12-17(2,3)23)11-14-8-6-5-7-9-14/h5-10,23H,11-12H2,1-4H3,(H,18,22). The van der Waals surface area contributed by atoms with Crippen LogP contribution in [-0.4, -0.2) is 38.0 Å². The Morgan fingerprint density at radius 2 is 2.00 bits per heavy atom. The van der Waals surface area contributed by atoms with Crippen LogP contribution in [0.1, 0.15) is 25.1 Å². The summed E-state index contributed by atoms with van der Waals surface area (Å²) in [6.45, 7) is 5.89. The van der Waals surface area contributed by atoms with Crippen LogP contribution in [0, 0.1) is 6.92 Å². The summed E-state index contributed by atoms with van der Waals surface area (Å²) in [7, 11) is 1.78. The highest BCUT2D eigenvalue weighted by molar-refractivity contribution is 5.88. The fourth-order valence-electron chi connectivity index (χ4n) is 2.39. The molecule has 2 aromatic rings. The van der Waals surface area contributed by atoms with Gasteiger partial charge in [0.05, 0.1) is 17.8 Å². The van der Waals surface area contributed by atoms with E-state index in [1.54, 1.807) is 30.5 Å². The number of nitrogens with one attached hydrogen (secondary N) is 1. The van der Waals surface area contributed by atoms with Crippen LogP contribution in [0.3, 0.4) is 0 Å². The van der Waals surface area contributed by atoms with Crippen molar-refractivity contribution in [3.05, 3.63) is 47.7 Å². The Morgan fingerprint density at radius 1 is 1.35 bits per heavy atom. The Bertz CT molecular complexity index is 659. The minimum absolute atomic E-state index is 0.227. The third-order valence-corrected chi connectivity index (χ3v) is 3.32. The average Bonchev–Trinajstić information content (AvgIpc) is 2.76. The normalized spacial score (nSPS) is 11.3. The second-order valence-corrected chi connectivity index (χ2v) is 6.38. The van der Waals surface area contributed by atoms with E-state index in [9.17, 15) is 9.90 Å². The van der Waals surface area contributed by atoms with Crippen LogP contribution < -0.4 is 5.32 Å². The van der Waals surface area contributed by atoms with E-state index in [4.69, 9.17) is 0 Å². The lowest BCUT2D eigenvalue weighted by Gasteiger charge is -2.29. The van der Waals surface area contributed by atoms with Gasteiger partial charge in [0.15, 0.2) is 0 Å². The van der Waals surface area contributed by atoms with Gasteiger partial charge in [-0.05, 0) is 26.3 Å². The largest absolute Gasteiger partial charge is 0.389 e. The molecule has 2 amide bonds. The number of carbonyl (C=O) groups excluding carboxylic acids is 1. The molecule has 0 bridgehead atoms. The van der Waals surface area contributed by atoms with Gasteiger partial charge in [-0.2, -0.15) is 5.10 Å². The van der Waals surface area contributed by atoms with Crippen LogP contribution in [0.25, 0.3) is 0 Å². The van der Waals surface area contributed by atoms with Crippen LogP contribution >= 0.6 is 0 Å². The number of aromatic nitrogens is 2. The lowest BCUT2D eigenvalue weighted by Crippen LogP contribution is -2.44. The second kappa shape index (κ2) is 6.83. The van der Waals surface area contributed by atoms with Gasteiger partial charge < -0.3 is 10.0 Å². The van der Waals surface area contributed by atoms with Gasteiger partial charge in [0.25, 0.3) is 0 Å². The van der Waals surface area contributed by atoms with Crippen molar-refractivity contribution in [2.75, 3.05) is 11.9 Å². The smallest absolute Gasteiger partial charge is 0.323 e. The molecular weight excluding hydrogens is 292 g/mol. The first-order valence-electron chi connectivity index (χ1n) is 7.57. The average molecular weight is 316 g/mol. The number of aryl methyl sites for hydroxylation is 2. The molecule has 0 saturated carbocycles. The molecule has 0 unspecified atom stereocenters. The molecular formula is C17H24N4O2. The zero-order valence-electron chi connectivity index (χ0n) is 14.1. The number of hydrogen-bond acceptors (Lipinski definition) is 3. The van der Waals surface area contributed by atoms with Gasteiger partial charge in [0, 0.05) is 19.7 Å². The van der Waals surface area contributed by atoms with Gasteiger partial charge >= 0.3 is 6.03 Å². The van der Waals surface area contributed by atoms with E-state index in [-0.39, 0.29) is 12.6 Å². The van der Waals surface area contributed by atoms with Crippen molar-refractivity contribution in [1.82, 2.24) is 14.7 Å². The Labute approximate surface area is 136 Å². The van der Waals surface area contributed by atoms with Crippen molar-refractivity contribution < 1.29 is 9.90 Å². The number of nitrogens with zero attached hydrogens (tertiary/aromatic N) is 3. The van der Waals surface area contributed by atoms with Gasteiger partial charge in [0.2, 0.25) is 0 Å². The van der Waals surface area contributed by atoms with Crippen molar-refractivity contribution in [1.29, 1.82) is 0 Å². The molecule has 1 aromatic carbocycles. The molecule has 6 nitrogen and oxygen atoms in total. The number of carbonyl (C=O) groups is 1. The Kier molecular flexibility index (Phi) is 5.05. The molecule has 2 rings (SSSR count). The summed E-state index contributed by atoms with van der Waals surface area (Å²) in [4.78, 5) is 14.2. The number of aliphatic hydroxyl groups is 1. The zero-order chi connectivity index (χ0) is 17.0. The molecule has 0 radical (unpaired) electrons. The van der Waals surface area contributed by atoms with Crippen LogP contribution in [0.2, 0.25) is 0 Å². The zero-order valence-corrected chi connectivity index (χ0v) is 14.1. The highest BCUT2D eigenvalue weighted by atomic mass is 16.3. The fraction of sp³-hybridized carbons (Fsp3) is 0.412. The first kappa shape index (κ1) is 17.0. The monoisotopic (exact) mass is 316 g/mol. The van der Waals surface area contributed by atoms with Gasteiger partial charge in [-0.3, -0.25) is 10.00 Å². The molecule has 0 aliphatic heterocycles. The summed E-state index contributed by atoms with van der Waals surface area (Å²) >= 11 is 0. The van der Waals surface area contributed by atoms with Crippen LogP contribution in [-0.2, 0) is 13.6 Å². The van der Waals surface area contributed by atoms with Crippen molar-refractivity contribution in [2.45, 2.75) is 32.9 Å². The lowest BCUT2D eigenvalue weighted by atomic mass is 10.1. The third kappa shape index (κ3) is 5.10. The maximum Gasteiger partial charge on any atom is 0.323 e. The van der Waals surface area contributed by atoms with Crippen molar-refractivity contribution in [3.8, 4) is 0 Å². The lowest BCUT2D eigenvalue weighted by molar-refractivity contribution is 0.0469. The third-order valence-electron chi connectivity index (χ3n) is 3.32. The summed E-state index contributed by atoms with van der Waals surface area (Å²) in [5, 5.41) is 17.2. The van der Waals surface area contributed by atoms with Crippen molar-refractivity contribution in [2.24, 2.45) is 7.05 Å². The van der Waals surface area contributed by atoms with Gasteiger partial charge in [-0.25, -0.2) is 4.79 Å². The van der Waals surface area contributed by atoms with Crippen LogP contribution in [0.5, 0.6) is 0 Å². The predicted octanol–water partition coefficient (Wildman–Crippen LogP) is 2.53. The fourth-order valence-corrected chi connectivity index (χ4v) is 2.39. The topological polar surface area (TPSA) is 70.4 Å².